The van der Waals surface area contributed by atoms with Crippen LogP contribution in [0.3, 0.4) is 0 Å². The molecule has 0 radical (unpaired) electrons. The lowest BCUT2D eigenvalue weighted by Crippen LogP contribution is -2.48. The number of piperazine rings is 1. The van der Waals surface area contributed by atoms with Gasteiger partial charge in [0.1, 0.15) is 0 Å². The molecule has 2 fully saturated rings. The number of nitrogens with zero attached hydrogens (tertiary/aromatic N) is 4. The average Bonchev–Trinajstić information content (AvgIpc) is 2.89. The van der Waals surface area contributed by atoms with Crippen LogP contribution in [-0.4, -0.2) is 51.5 Å². The minimum absolute atomic E-state index is 0.115. The fourth-order valence-corrected chi connectivity index (χ4v) is 2.63. The van der Waals surface area contributed by atoms with E-state index in [1.54, 1.807) is 6.20 Å². The summed E-state index contributed by atoms with van der Waals surface area (Å²) in [6.45, 7) is 1.31. The maximum atomic E-state index is 10.9. The van der Waals surface area contributed by atoms with E-state index in [1.165, 1.54) is 4.90 Å². The lowest BCUT2D eigenvalue weighted by molar-refractivity contribution is 0.137. The fourth-order valence-electron chi connectivity index (χ4n) is 2.63. The third kappa shape index (κ3) is 1.30. The molecule has 3 heterocycles. The molecule has 2 aliphatic rings. The molecule has 2 bridgehead atoms. The van der Waals surface area contributed by atoms with Crippen LogP contribution >= 0.6 is 0 Å². The Bertz CT molecular complexity index is 411. The normalized spacial score (nSPS) is 27.5. The molecule has 16 heavy (non-hydrogen) atoms. The smallest absolute Gasteiger partial charge is 0.407 e. The summed E-state index contributed by atoms with van der Waals surface area (Å²) in [5.74, 6) is 0.847. The van der Waals surface area contributed by atoms with Crippen molar-refractivity contribution >= 4 is 11.9 Å². The quantitative estimate of drug-likeness (QED) is 0.742. The van der Waals surface area contributed by atoms with E-state index in [0.29, 0.717) is 6.54 Å². The number of likely N-dealkylation sites (tertiary alicyclic amines) is 1. The van der Waals surface area contributed by atoms with Crippen LogP contribution in [-0.2, 0) is 0 Å². The van der Waals surface area contributed by atoms with E-state index in [2.05, 4.69) is 15.1 Å². The van der Waals surface area contributed by atoms with Crippen LogP contribution in [0.5, 0.6) is 0 Å². The molecule has 1 aromatic heterocycles. The standard InChI is InChI=1S/C10H12N4O2/c15-10(16)14-6-7-4-8(14)5-13(7)9-2-1-3-11-12-9/h1-3,7-8H,4-6H2,(H,15,16)/t7-,8-/m0/s1. The van der Waals surface area contributed by atoms with Crippen LogP contribution in [0.25, 0.3) is 0 Å². The van der Waals surface area contributed by atoms with Crippen molar-refractivity contribution in [3.8, 4) is 0 Å². The van der Waals surface area contributed by atoms with Gasteiger partial charge in [-0.3, -0.25) is 0 Å². The minimum Gasteiger partial charge on any atom is -0.465 e. The first-order valence-electron chi connectivity index (χ1n) is 5.29. The Labute approximate surface area is 92.5 Å². The van der Waals surface area contributed by atoms with Gasteiger partial charge in [0.25, 0.3) is 0 Å². The summed E-state index contributed by atoms with van der Waals surface area (Å²) in [7, 11) is 0. The number of hydrogen-bond donors (Lipinski definition) is 1. The summed E-state index contributed by atoms with van der Waals surface area (Å²) in [5.41, 5.74) is 0. The number of carbonyl (C=O) groups is 1. The number of amides is 1. The molecule has 2 aliphatic heterocycles. The van der Waals surface area contributed by atoms with Crippen molar-refractivity contribution in [2.45, 2.75) is 18.5 Å². The number of hydrogen-bond acceptors (Lipinski definition) is 4. The maximum Gasteiger partial charge on any atom is 0.407 e. The van der Waals surface area contributed by atoms with Gasteiger partial charge in [-0.15, -0.1) is 5.10 Å². The molecule has 2 saturated heterocycles. The first-order valence-corrected chi connectivity index (χ1v) is 5.29. The van der Waals surface area contributed by atoms with E-state index in [-0.39, 0.29) is 12.1 Å². The average molecular weight is 220 g/mol. The Morgan fingerprint density at radius 2 is 2.31 bits per heavy atom. The number of aromatic nitrogens is 2. The van der Waals surface area contributed by atoms with Crippen molar-refractivity contribution in [2.75, 3.05) is 18.0 Å². The summed E-state index contributed by atoms with van der Waals surface area (Å²) in [4.78, 5) is 14.6. The molecule has 1 amide bonds. The van der Waals surface area contributed by atoms with Gasteiger partial charge in [-0.25, -0.2) is 4.79 Å². The minimum atomic E-state index is -0.814. The summed E-state index contributed by atoms with van der Waals surface area (Å²) < 4.78 is 0. The second-order valence-electron chi connectivity index (χ2n) is 4.21. The molecule has 1 N–H and O–H groups in total. The zero-order chi connectivity index (χ0) is 11.1. The van der Waals surface area contributed by atoms with Crippen LogP contribution in [0.4, 0.5) is 10.6 Å². The molecule has 6 heteroatoms. The predicted octanol–water partition coefficient (Wildman–Crippen LogP) is 0.418. The van der Waals surface area contributed by atoms with Gasteiger partial charge >= 0.3 is 6.09 Å². The summed E-state index contributed by atoms with van der Waals surface area (Å²) in [5, 5.41) is 16.9. The van der Waals surface area contributed by atoms with Gasteiger partial charge < -0.3 is 14.9 Å². The Morgan fingerprint density at radius 1 is 1.44 bits per heavy atom. The lowest BCUT2D eigenvalue weighted by atomic mass is 10.2. The van der Waals surface area contributed by atoms with Gasteiger partial charge in [-0.2, -0.15) is 5.10 Å². The molecular weight excluding hydrogens is 208 g/mol. The van der Waals surface area contributed by atoms with Crippen LogP contribution in [0.15, 0.2) is 18.3 Å². The van der Waals surface area contributed by atoms with Crippen molar-refractivity contribution in [1.29, 1.82) is 0 Å². The van der Waals surface area contributed by atoms with Crippen molar-refractivity contribution in [3.05, 3.63) is 18.3 Å². The molecule has 0 aromatic carbocycles. The molecule has 1 aromatic rings. The molecule has 0 saturated carbocycles. The second kappa shape index (κ2) is 3.33. The van der Waals surface area contributed by atoms with E-state index in [1.807, 2.05) is 12.1 Å². The first-order chi connectivity index (χ1) is 7.75. The third-order valence-corrected chi connectivity index (χ3v) is 3.34. The van der Waals surface area contributed by atoms with Crippen molar-refractivity contribution in [2.24, 2.45) is 0 Å². The number of carboxylic acid groups (broad SMARTS) is 1. The fraction of sp³-hybridized carbons (Fsp3) is 0.500. The highest BCUT2D eigenvalue weighted by atomic mass is 16.4. The monoisotopic (exact) mass is 220 g/mol. The molecule has 6 nitrogen and oxygen atoms in total. The highest BCUT2D eigenvalue weighted by molar-refractivity contribution is 5.67. The van der Waals surface area contributed by atoms with Gasteiger partial charge in [0.15, 0.2) is 5.82 Å². The molecule has 0 aliphatic carbocycles. The summed E-state index contributed by atoms with van der Waals surface area (Å²) in [6, 6.07) is 4.14. The Balaban J connectivity index is 1.79. The number of anilines is 1. The molecule has 84 valence electrons. The molecule has 0 unspecified atom stereocenters. The SMILES string of the molecule is O=C(O)N1C[C@@H]2C[C@H]1CN2c1cccnn1. The Kier molecular flexibility index (Phi) is 1.95. The van der Waals surface area contributed by atoms with Crippen LogP contribution in [0, 0.1) is 0 Å². The highest BCUT2D eigenvalue weighted by Crippen LogP contribution is 2.33. The van der Waals surface area contributed by atoms with E-state index in [9.17, 15) is 4.79 Å². The van der Waals surface area contributed by atoms with E-state index >= 15 is 0 Å². The molecule has 3 rings (SSSR count). The van der Waals surface area contributed by atoms with Gasteiger partial charge in [0, 0.05) is 19.3 Å². The van der Waals surface area contributed by atoms with Gasteiger partial charge in [-0.05, 0) is 18.6 Å². The van der Waals surface area contributed by atoms with Gasteiger partial charge in [0.2, 0.25) is 0 Å². The second-order valence-corrected chi connectivity index (χ2v) is 4.21. The summed E-state index contributed by atoms with van der Waals surface area (Å²) in [6.07, 6.45) is 1.73. The zero-order valence-corrected chi connectivity index (χ0v) is 8.65. The van der Waals surface area contributed by atoms with Crippen LogP contribution < -0.4 is 4.90 Å². The number of rotatable bonds is 1. The Morgan fingerprint density at radius 3 is 2.88 bits per heavy atom. The van der Waals surface area contributed by atoms with Crippen LogP contribution in [0.1, 0.15) is 6.42 Å². The first kappa shape index (κ1) is 9.38. The van der Waals surface area contributed by atoms with Crippen molar-refractivity contribution < 1.29 is 9.90 Å². The highest BCUT2D eigenvalue weighted by Gasteiger charge is 2.45. The van der Waals surface area contributed by atoms with Crippen molar-refractivity contribution in [1.82, 2.24) is 15.1 Å². The largest absolute Gasteiger partial charge is 0.465 e. The lowest BCUT2D eigenvalue weighted by Gasteiger charge is -2.32. The Hall–Kier alpha value is -1.85. The number of fused-ring (bicyclic) bond motifs is 2. The zero-order valence-electron chi connectivity index (χ0n) is 8.65. The molecule has 2 atom stereocenters. The topological polar surface area (TPSA) is 69.6 Å². The summed E-state index contributed by atoms with van der Waals surface area (Å²) >= 11 is 0. The van der Waals surface area contributed by atoms with Crippen molar-refractivity contribution in [3.63, 3.8) is 0 Å². The van der Waals surface area contributed by atoms with Gasteiger partial charge in [-0.1, -0.05) is 0 Å². The predicted molar refractivity (Wildman–Crippen MR) is 56.3 cm³/mol. The van der Waals surface area contributed by atoms with E-state index < -0.39 is 6.09 Å². The molecule has 0 spiro atoms. The van der Waals surface area contributed by atoms with E-state index in [0.717, 1.165) is 18.8 Å². The third-order valence-electron chi connectivity index (χ3n) is 3.34. The van der Waals surface area contributed by atoms with Crippen LogP contribution in [0.2, 0.25) is 0 Å². The maximum absolute atomic E-state index is 10.9. The molecular formula is C10H12N4O2. The van der Waals surface area contributed by atoms with E-state index in [4.69, 9.17) is 5.11 Å². The van der Waals surface area contributed by atoms with Gasteiger partial charge in [0.05, 0.1) is 12.1 Å².